The summed E-state index contributed by atoms with van der Waals surface area (Å²) in [6, 6.07) is 0. The van der Waals surface area contributed by atoms with Crippen molar-refractivity contribution in [2.24, 2.45) is 0 Å². The van der Waals surface area contributed by atoms with E-state index in [2.05, 4.69) is 0 Å². The van der Waals surface area contributed by atoms with Crippen LogP contribution in [0.3, 0.4) is 0 Å². The van der Waals surface area contributed by atoms with Gasteiger partial charge in [0.15, 0.2) is 0 Å². The summed E-state index contributed by atoms with van der Waals surface area (Å²) < 4.78 is 72.3. The molecule has 0 saturated carbocycles. The van der Waals surface area contributed by atoms with Crippen molar-refractivity contribution in [1.29, 1.82) is 0 Å². The maximum atomic E-state index is 13.2. The topological polar surface area (TPSA) is 107 Å². The van der Waals surface area contributed by atoms with Crippen LogP contribution in [0.5, 0.6) is 0 Å². The van der Waals surface area contributed by atoms with Gasteiger partial charge in [-0.2, -0.15) is 0 Å². The minimum absolute atomic E-state index is 0.191. The van der Waals surface area contributed by atoms with Crippen LogP contribution in [0.15, 0.2) is 22.1 Å². The molecule has 12 heteroatoms. The second-order valence-corrected chi connectivity index (χ2v) is 11.3. The highest BCUT2D eigenvalue weighted by atomic mass is 31.2. The highest BCUT2D eigenvalue weighted by Gasteiger charge is 2.34. The summed E-state index contributed by atoms with van der Waals surface area (Å²) in [6.45, 7) is 14.8. The molecule has 190 valence electrons. The molecule has 0 aromatic carbocycles. The van der Waals surface area contributed by atoms with E-state index < -0.39 is 23.4 Å². The van der Waals surface area contributed by atoms with Crippen molar-refractivity contribution in [3.05, 3.63) is 22.1 Å². The third kappa shape index (κ3) is 9.10. The molecule has 9 nitrogen and oxygen atoms in total. The van der Waals surface area contributed by atoms with Gasteiger partial charge in [0.05, 0.1) is 37.1 Å². The van der Waals surface area contributed by atoms with E-state index in [4.69, 9.17) is 27.1 Å². The van der Waals surface area contributed by atoms with Crippen LogP contribution >= 0.6 is 23.4 Å². The predicted octanol–water partition coefficient (Wildman–Crippen LogP) is 8.00. The molecule has 0 aliphatic heterocycles. The van der Waals surface area contributed by atoms with Gasteiger partial charge in [-0.05, 0) is 40.5 Å². The Hall–Kier alpha value is -0.390. The van der Waals surface area contributed by atoms with Crippen molar-refractivity contribution in [2.75, 3.05) is 26.4 Å². The molecule has 0 atom stereocenters. The van der Waals surface area contributed by atoms with Crippen LogP contribution < -0.4 is 0 Å². The molecule has 0 rings (SSSR count). The summed E-state index contributed by atoms with van der Waals surface area (Å²) in [5, 5.41) is 0.662. The Bertz CT molecular complexity index is 667. The summed E-state index contributed by atoms with van der Waals surface area (Å²) in [6.07, 6.45) is 1.29. The molecule has 0 radical (unpaired) electrons. The van der Waals surface area contributed by atoms with Gasteiger partial charge in [0.25, 0.3) is 0 Å². The Balaban J connectivity index is 6.10. The first-order valence-electron chi connectivity index (χ1n) is 11.3. The first kappa shape index (κ1) is 31.6. The Kier molecular flexibility index (Phi) is 16.1. The van der Waals surface area contributed by atoms with Crippen molar-refractivity contribution >= 4 is 23.4 Å². The fraction of sp³-hybridized carbons (Fsp3) is 0.800. The van der Waals surface area contributed by atoms with Gasteiger partial charge in [-0.3, -0.25) is 9.13 Å². The van der Waals surface area contributed by atoms with Crippen molar-refractivity contribution in [2.45, 2.75) is 81.1 Å². The maximum absolute atomic E-state index is 13.2. The second-order valence-electron chi connectivity index (χ2n) is 6.27. The molecule has 0 aromatic heterocycles. The largest absolute Gasteiger partial charge is 0.422 e. The molecule has 0 fully saturated rings. The summed E-state index contributed by atoms with van der Waals surface area (Å²) in [7, 11) is -10.3. The van der Waals surface area contributed by atoms with Gasteiger partial charge in [0.1, 0.15) is 11.5 Å². The lowest BCUT2D eigenvalue weighted by molar-refractivity contribution is 0.223. The van der Waals surface area contributed by atoms with Crippen molar-refractivity contribution < 1.29 is 40.8 Å². The zero-order chi connectivity index (χ0) is 24.8. The molecular weight excluding hydrogens is 477 g/mol. The van der Waals surface area contributed by atoms with E-state index in [1.807, 2.05) is 0 Å². The lowest BCUT2D eigenvalue weighted by atomic mass is 10.3. The van der Waals surface area contributed by atoms with Crippen LogP contribution in [0.1, 0.15) is 81.1 Å². The van der Waals surface area contributed by atoms with Gasteiger partial charge in [0, 0.05) is 12.8 Å². The summed E-state index contributed by atoms with van der Waals surface area (Å²) in [4.78, 5) is 0. The van der Waals surface area contributed by atoms with E-state index in [-0.39, 0.29) is 37.9 Å². The Labute approximate surface area is 194 Å². The molecule has 32 heavy (non-hydrogen) atoms. The van der Waals surface area contributed by atoms with Gasteiger partial charge in [-0.25, -0.2) is 4.57 Å². The number of rotatable bonds is 18. The van der Waals surface area contributed by atoms with Gasteiger partial charge in [-0.1, -0.05) is 27.7 Å². The zero-order valence-electron chi connectivity index (χ0n) is 20.7. The number of hydrogen-bond acceptors (Lipinski definition) is 9. The smallest absolute Gasteiger partial charge is 0.418 e. The monoisotopic (exact) mass is 518 g/mol. The van der Waals surface area contributed by atoms with Crippen molar-refractivity contribution in [1.82, 2.24) is 0 Å². The maximum Gasteiger partial charge on any atom is 0.418 e. The van der Waals surface area contributed by atoms with Crippen LogP contribution in [0.4, 0.5) is 0 Å². The highest BCUT2D eigenvalue weighted by molar-refractivity contribution is 7.58. The van der Waals surface area contributed by atoms with Crippen LogP contribution in [-0.2, 0) is 40.8 Å². The molecule has 0 aliphatic carbocycles. The molecule has 0 spiro atoms. The quantitative estimate of drug-likeness (QED) is 0.132. The van der Waals surface area contributed by atoms with E-state index in [1.54, 1.807) is 55.4 Å². The third-order valence-electron chi connectivity index (χ3n) is 4.23. The fourth-order valence-corrected chi connectivity index (χ4v) is 8.12. The first-order valence-corrected chi connectivity index (χ1v) is 15.6. The van der Waals surface area contributed by atoms with E-state index >= 15 is 0 Å². The molecule has 0 amide bonds. The molecule has 0 aromatic rings. The minimum Gasteiger partial charge on any atom is -0.422 e. The minimum atomic E-state index is -3.59. The van der Waals surface area contributed by atoms with E-state index in [0.29, 0.717) is 36.3 Å². The molecule has 0 heterocycles. The van der Waals surface area contributed by atoms with E-state index in [1.165, 1.54) is 0 Å². The molecular formula is C20H41O9P3. The Morgan fingerprint density at radius 1 is 0.562 bits per heavy atom. The third-order valence-corrected chi connectivity index (χ3v) is 9.90. The van der Waals surface area contributed by atoms with Crippen molar-refractivity contribution in [3.8, 4) is 0 Å². The van der Waals surface area contributed by atoms with Gasteiger partial charge < -0.3 is 27.1 Å². The molecule has 0 bridgehead atoms. The zero-order valence-corrected chi connectivity index (χ0v) is 23.5. The normalized spacial score (nSPS) is 15.1. The van der Waals surface area contributed by atoms with E-state index in [0.717, 1.165) is 0 Å². The van der Waals surface area contributed by atoms with Crippen LogP contribution in [0, 0.1) is 0 Å². The lowest BCUT2D eigenvalue weighted by Crippen LogP contribution is -2.04. The van der Waals surface area contributed by atoms with Gasteiger partial charge >= 0.3 is 23.4 Å². The molecule has 0 N–H and O–H groups in total. The van der Waals surface area contributed by atoms with Crippen LogP contribution in [0.2, 0.25) is 0 Å². The molecule has 0 saturated heterocycles. The lowest BCUT2D eigenvalue weighted by Gasteiger charge is -2.24. The van der Waals surface area contributed by atoms with Crippen LogP contribution in [0.25, 0.3) is 0 Å². The Morgan fingerprint density at radius 2 is 0.844 bits per heavy atom. The fourth-order valence-electron chi connectivity index (χ4n) is 3.05. The number of hydrogen-bond donors (Lipinski definition) is 0. The van der Waals surface area contributed by atoms with Gasteiger partial charge in [-0.15, -0.1) is 0 Å². The number of allylic oxidation sites excluding steroid dienone is 4. The predicted molar refractivity (Wildman–Crippen MR) is 128 cm³/mol. The molecule has 0 aliphatic rings. The summed E-state index contributed by atoms with van der Waals surface area (Å²) in [5.41, 5.74) is 0. The Morgan fingerprint density at radius 3 is 1.03 bits per heavy atom. The first-order chi connectivity index (χ1) is 15.2. The average Bonchev–Trinajstić information content (AvgIpc) is 2.73. The van der Waals surface area contributed by atoms with Crippen molar-refractivity contribution in [3.63, 3.8) is 0 Å². The summed E-state index contributed by atoms with van der Waals surface area (Å²) in [5.74, 6) is 0.487. The SMILES string of the molecule is CCOP(=O)(OCC)C(CC)=C(CC)O[PH](=O)OC(CC)=C(CC)P(=O)(OCC)OCC. The van der Waals surface area contributed by atoms with Gasteiger partial charge in [0.2, 0.25) is 0 Å². The van der Waals surface area contributed by atoms with E-state index in [9.17, 15) is 13.7 Å². The highest BCUT2D eigenvalue weighted by Crippen LogP contribution is 2.61. The molecule has 0 unspecified atom stereocenters. The average molecular weight is 518 g/mol. The standard InChI is InChI=1S/C20H41O9P3/c1-9-17(19(11-3)31(22,24-13-5)25-14-6)28-30(21)29-18(10-2)20(12-4)32(23,26-15-7)27-16-8/h30H,9-16H2,1-8H3. The van der Waals surface area contributed by atoms with Crippen LogP contribution in [-0.4, -0.2) is 26.4 Å². The summed E-state index contributed by atoms with van der Waals surface area (Å²) >= 11 is 0. The second kappa shape index (κ2) is 16.3.